The minimum atomic E-state index is -0.812. The van der Waals surface area contributed by atoms with Gasteiger partial charge < -0.3 is 24.8 Å². The van der Waals surface area contributed by atoms with E-state index in [9.17, 15) is 14.4 Å². The summed E-state index contributed by atoms with van der Waals surface area (Å²) in [5, 5.41) is 5.16. The number of amides is 2. The van der Waals surface area contributed by atoms with E-state index in [2.05, 4.69) is 10.6 Å². The Morgan fingerprint density at radius 1 is 1.03 bits per heavy atom. The summed E-state index contributed by atoms with van der Waals surface area (Å²) in [5.41, 5.74) is 1.92. The van der Waals surface area contributed by atoms with E-state index in [1.165, 1.54) is 7.11 Å². The quantitative estimate of drug-likeness (QED) is 0.253. The Bertz CT molecular complexity index is 671. The zero-order chi connectivity index (χ0) is 21.5. The van der Waals surface area contributed by atoms with Gasteiger partial charge in [-0.1, -0.05) is 35.9 Å². The first-order valence-electron chi connectivity index (χ1n) is 9.51. The van der Waals surface area contributed by atoms with Gasteiger partial charge in [-0.3, -0.25) is 0 Å². The van der Waals surface area contributed by atoms with E-state index in [4.69, 9.17) is 14.2 Å². The molecular formula is C21H30N2O6. The Labute approximate surface area is 171 Å². The highest BCUT2D eigenvalue weighted by Crippen LogP contribution is 2.05. The number of alkyl carbamates (subject to hydrolysis) is 2. The van der Waals surface area contributed by atoms with Gasteiger partial charge in [0.25, 0.3) is 0 Å². The van der Waals surface area contributed by atoms with Gasteiger partial charge in [0, 0.05) is 6.54 Å². The highest BCUT2D eigenvalue weighted by atomic mass is 16.6. The average Bonchev–Trinajstić information content (AvgIpc) is 2.71. The number of benzene rings is 1. The van der Waals surface area contributed by atoms with Crippen molar-refractivity contribution in [3.63, 3.8) is 0 Å². The normalized spacial score (nSPS) is 11.0. The molecule has 0 saturated carbocycles. The van der Waals surface area contributed by atoms with Crippen molar-refractivity contribution in [1.29, 1.82) is 0 Å². The maximum Gasteiger partial charge on any atom is 0.408 e. The predicted octanol–water partition coefficient (Wildman–Crippen LogP) is 3.32. The molecule has 29 heavy (non-hydrogen) atoms. The Kier molecular flexibility index (Phi) is 11.6. The largest absolute Gasteiger partial charge is 0.467 e. The molecule has 0 unspecified atom stereocenters. The van der Waals surface area contributed by atoms with Crippen LogP contribution in [-0.4, -0.2) is 44.5 Å². The van der Waals surface area contributed by atoms with E-state index in [1.54, 1.807) is 0 Å². The van der Waals surface area contributed by atoms with Gasteiger partial charge in [0.15, 0.2) is 0 Å². The zero-order valence-electron chi connectivity index (χ0n) is 17.2. The molecule has 1 rings (SSSR count). The van der Waals surface area contributed by atoms with Crippen molar-refractivity contribution < 1.29 is 28.6 Å². The number of ether oxygens (including phenoxy) is 3. The van der Waals surface area contributed by atoms with E-state index in [0.29, 0.717) is 25.8 Å². The average molecular weight is 406 g/mol. The predicted molar refractivity (Wildman–Crippen MR) is 108 cm³/mol. The minimum absolute atomic E-state index is 0.110. The molecule has 2 N–H and O–H groups in total. The van der Waals surface area contributed by atoms with E-state index in [-0.39, 0.29) is 13.2 Å². The van der Waals surface area contributed by atoms with E-state index in [1.807, 2.05) is 50.3 Å². The van der Waals surface area contributed by atoms with Crippen molar-refractivity contribution in [2.45, 2.75) is 45.8 Å². The van der Waals surface area contributed by atoms with Crippen LogP contribution in [0.1, 0.15) is 38.7 Å². The molecular weight excluding hydrogens is 376 g/mol. The molecule has 1 atom stereocenters. The summed E-state index contributed by atoms with van der Waals surface area (Å²) in [7, 11) is 1.26. The third-order valence-electron chi connectivity index (χ3n) is 3.89. The van der Waals surface area contributed by atoms with Crippen LogP contribution in [0.15, 0.2) is 42.0 Å². The summed E-state index contributed by atoms with van der Waals surface area (Å²) in [5.74, 6) is -0.546. The van der Waals surface area contributed by atoms with Crippen LogP contribution in [-0.2, 0) is 25.6 Å². The number of nitrogens with one attached hydrogen (secondary N) is 2. The van der Waals surface area contributed by atoms with Crippen LogP contribution in [0.25, 0.3) is 0 Å². The molecule has 2 amide bonds. The topological polar surface area (TPSA) is 103 Å². The molecule has 8 heteroatoms. The lowest BCUT2D eigenvalue weighted by atomic mass is 10.1. The first-order chi connectivity index (χ1) is 13.9. The van der Waals surface area contributed by atoms with E-state index < -0.39 is 24.2 Å². The van der Waals surface area contributed by atoms with Crippen LogP contribution in [0, 0.1) is 0 Å². The van der Waals surface area contributed by atoms with Gasteiger partial charge in [-0.2, -0.15) is 0 Å². The van der Waals surface area contributed by atoms with Crippen molar-refractivity contribution in [3.05, 3.63) is 47.5 Å². The number of allylic oxidation sites excluding steroid dienone is 1. The fourth-order valence-electron chi connectivity index (χ4n) is 2.30. The van der Waals surface area contributed by atoms with Crippen molar-refractivity contribution in [1.82, 2.24) is 10.6 Å². The van der Waals surface area contributed by atoms with Gasteiger partial charge in [0.2, 0.25) is 0 Å². The summed E-state index contributed by atoms with van der Waals surface area (Å²) < 4.78 is 14.8. The molecule has 1 aromatic carbocycles. The third kappa shape index (κ3) is 11.4. The number of methoxy groups -OCH3 is 1. The fraction of sp³-hybridized carbons (Fsp3) is 0.476. The highest BCUT2D eigenvalue weighted by Gasteiger charge is 2.21. The first-order valence-corrected chi connectivity index (χ1v) is 9.51. The molecule has 0 aromatic heterocycles. The Balaban J connectivity index is 2.29. The zero-order valence-corrected chi connectivity index (χ0v) is 17.2. The maximum atomic E-state index is 12.0. The van der Waals surface area contributed by atoms with Crippen molar-refractivity contribution in [2.24, 2.45) is 0 Å². The van der Waals surface area contributed by atoms with Gasteiger partial charge in [0.05, 0.1) is 7.11 Å². The molecule has 0 radical (unpaired) electrons. The lowest BCUT2D eigenvalue weighted by Gasteiger charge is -2.16. The Hall–Kier alpha value is -3.03. The number of esters is 1. The second-order valence-corrected chi connectivity index (χ2v) is 6.58. The van der Waals surface area contributed by atoms with E-state index >= 15 is 0 Å². The van der Waals surface area contributed by atoms with Crippen LogP contribution >= 0.6 is 0 Å². The number of unbranched alkanes of at least 4 members (excludes halogenated alkanes) is 1. The van der Waals surface area contributed by atoms with Gasteiger partial charge in [0.1, 0.15) is 19.3 Å². The van der Waals surface area contributed by atoms with Gasteiger partial charge in [-0.15, -0.1) is 0 Å². The summed E-state index contributed by atoms with van der Waals surface area (Å²) in [6, 6.07) is 8.42. The third-order valence-corrected chi connectivity index (χ3v) is 3.89. The van der Waals surface area contributed by atoms with Gasteiger partial charge in [-0.25, -0.2) is 14.4 Å². The number of hydrogen-bond donors (Lipinski definition) is 2. The summed E-state index contributed by atoms with van der Waals surface area (Å²) in [6.07, 6.45) is 2.20. The number of carbonyl (C=O) groups excluding carboxylic acids is 3. The van der Waals surface area contributed by atoms with E-state index in [0.717, 1.165) is 11.1 Å². The van der Waals surface area contributed by atoms with Crippen molar-refractivity contribution in [3.8, 4) is 0 Å². The molecule has 0 aliphatic rings. The number of rotatable bonds is 11. The second-order valence-electron chi connectivity index (χ2n) is 6.58. The molecule has 0 fully saturated rings. The van der Waals surface area contributed by atoms with Crippen LogP contribution in [0.2, 0.25) is 0 Å². The number of carbonyl (C=O) groups is 3. The van der Waals surface area contributed by atoms with Crippen LogP contribution in [0.4, 0.5) is 9.59 Å². The van der Waals surface area contributed by atoms with Gasteiger partial charge in [-0.05, 0) is 44.7 Å². The minimum Gasteiger partial charge on any atom is -0.467 e. The maximum absolute atomic E-state index is 12.0. The van der Waals surface area contributed by atoms with Crippen molar-refractivity contribution >= 4 is 18.2 Å². The molecule has 0 saturated heterocycles. The lowest BCUT2D eigenvalue weighted by molar-refractivity contribution is -0.143. The molecule has 0 heterocycles. The molecule has 0 aliphatic carbocycles. The fourth-order valence-corrected chi connectivity index (χ4v) is 2.30. The molecule has 8 nitrogen and oxygen atoms in total. The summed E-state index contributed by atoms with van der Waals surface area (Å²) in [4.78, 5) is 35.3. The van der Waals surface area contributed by atoms with Crippen LogP contribution < -0.4 is 10.6 Å². The summed E-state index contributed by atoms with van der Waals surface area (Å²) in [6.45, 7) is 4.59. The molecule has 160 valence electrons. The monoisotopic (exact) mass is 406 g/mol. The SMILES string of the molecule is COC(=O)[C@H](CCCCNC(=O)OCC=C(C)C)NC(=O)OCc1ccccc1. The van der Waals surface area contributed by atoms with Gasteiger partial charge >= 0.3 is 18.2 Å². The second kappa shape index (κ2) is 14.0. The highest BCUT2D eigenvalue weighted by molar-refractivity contribution is 5.81. The van der Waals surface area contributed by atoms with Crippen LogP contribution in [0.3, 0.4) is 0 Å². The molecule has 1 aromatic rings. The molecule has 0 spiro atoms. The smallest absolute Gasteiger partial charge is 0.408 e. The number of hydrogen-bond acceptors (Lipinski definition) is 6. The Morgan fingerprint density at radius 2 is 1.76 bits per heavy atom. The summed E-state index contributed by atoms with van der Waals surface area (Å²) >= 11 is 0. The van der Waals surface area contributed by atoms with Crippen LogP contribution in [0.5, 0.6) is 0 Å². The van der Waals surface area contributed by atoms with Crippen molar-refractivity contribution in [2.75, 3.05) is 20.3 Å². The lowest BCUT2D eigenvalue weighted by Crippen LogP contribution is -2.41. The molecule has 0 bridgehead atoms. The first kappa shape index (κ1) is 24.0. The molecule has 0 aliphatic heterocycles. The standard InChI is InChI=1S/C21H30N2O6/c1-16(2)12-14-28-20(25)22-13-8-7-11-18(19(24)27-3)23-21(26)29-15-17-9-5-4-6-10-17/h4-6,9-10,12,18H,7-8,11,13-15H2,1-3H3,(H,22,25)(H,23,26)/t18-/m0/s1. The Morgan fingerprint density at radius 3 is 2.41 bits per heavy atom.